The molecule has 1 N–H and O–H groups in total. The van der Waals surface area contributed by atoms with Crippen LogP contribution in [0.15, 0.2) is 18.2 Å². The molecule has 1 aromatic rings. The molecule has 1 aliphatic rings. The van der Waals surface area contributed by atoms with Crippen molar-refractivity contribution in [3.63, 3.8) is 0 Å². The minimum Gasteiger partial charge on any atom is -0.375 e. The maximum atomic E-state index is 10.9. The van der Waals surface area contributed by atoms with Crippen molar-refractivity contribution < 1.29 is 4.92 Å². The summed E-state index contributed by atoms with van der Waals surface area (Å²) in [6, 6.07) is 5.30. The van der Waals surface area contributed by atoms with Crippen LogP contribution in [0.25, 0.3) is 0 Å². The van der Waals surface area contributed by atoms with Crippen molar-refractivity contribution in [3.05, 3.63) is 33.3 Å². The normalized spacial score (nSPS) is 24.2. The topological polar surface area (TPSA) is 58.4 Å². The predicted octanol–water partition coefficient (Wildman–Crippen LogP) is 2.75. The lowest BCUT2D eigenvalue weighted by Gasteiger charge is -2.14. The van der Waals surface area contributed by atoms with Gasteiger partial charge in [0, 0.05) is 29.7 Å². The van der Waals surface area contributed by atoms with Crippen LogP contribution in [-0.2, 0) is 0 Å². The van der Waals surface area contributed by atoms with Gasteiger partial charge in [0.1, 0.15) is 5.69 Å². The number of nitro groups is 1. The van der Waals surface area contributed by atoms with Gasteiger partial charge in [-0.3, -0.25) is 10.1 Å². The molecule has 0 saturated carbocycles. The van der Waals surface area contributed by atoms with Crippen molar-refractivity contribution in [1.82, 2.24) is 4.90 Å². The average molecular weight is 270 g/mol. The predicted molar refractivity (Wildman–Crippen MR) is 72.2 cm³/mol. The third-order valence-electron chi connectivity index (χ3n) is 3.40. The van der Waals surface area contributed by atoms with Crippen LogP contribution in [0.1, 0.15) is 13.3 Å². The van der Waals surface area contributed by atoms with Crippen LogP contribution in [-0.4, -0.2) is 35.5 Å². The van der Waals surface area contributed by atoms with E-state index in [1.165, 1.54) is 12.1 Å². The first kappa shape index (κ1) is 13.1. The van der Waals surface area contributed by atoms with E-state index in [0.717, 1.165) is 13.0 Å². The van der Waals surface area contributed by atoms with Gasteiger partial charge in [0.15, 0.2) is 0 Å². The molecule has 1 saturated heterocycles. The Kier molecular flexibility index (Phi) is 3.73. The van der Waals surface area contributed by atoms with Gasteiger partial charge >= 0.3 is 0 Å². The SMILES string of the molecule is CC1CC(Nc2cc(Cl)ccc2[N+](=O)[O-])CN1C. The van der Waals surface area contributed by atoms with Crippen LogP contribution >= 0.6 is 11.6 Å². The molecule has 1 fully saturated rings. The number of nitro benzene ring substituents is 1. The summed E-state index contributed by atoms with van der Waals surface area (Å²) in [6.45, 7) is 3.03. The minimum atomic E-state index is -0.388. The Hall–Kier alpha value is -1.33. The maximum Gasteiger partial charge on any atom is 0.292 e. The van der Waals surface area contributed by atoms with E-state index in [-0.39, 0.29) is 16.7 Å². The number of hydrogen-bond donors (Lipinski definition) is 1. The zero-order chi connectivity index (χ0) is 13.3. The van der Waals surface area contributed by atoms with Crippen LogP contribution in [0, 0.1) is 10.1 Å². The summed E-state index contributed by atoms with van der Waals surface area (Å²) in [4.78, 5) is 12.8. The number of anilines is 1. The molecule has 0 bridgehead atoms. The lowest BCUT2D eigenvalue weighted by molar-refractivity contribution is -0.384. The van der Waals surface area contributed by atoms with Crippen molar-refractivity contribution in [2.75, 3.05) is 18.9 Å². The zero-order valence-corrected chi connectivity index (χ0v) is 11.1. The number of nitrogens with one attached hydrogen (secondary N) is 1. The Morgan fingerprint density at radius 2 is 2.28 bits per heavy atom. The number of halogens is 1. The molecule has 2 atom stereocenters. The standard InChI is InChI=1S/C12H16ClN3O2/c1-8-5-10(7-15(8)2)14-11-6-9(13)3-4-12(11)16(17)18/h3-4,6,8,10,14H,5,7H2,1-2H3. The smallest absolute Gasteiger partial charge is 0.292 e. The molecular weight excluding hydrogens is 254 g/mol. The molecule has 2 unspecified atom stereocenters. The van der Waals surface area contributed by atoms with Crippen molar-refractivity contribution >= 4 is 23.0 Å². The number of hydrogen-bond acceptors (Lipinski definition) is 4. The zero-order valence-electron chi connectivity index (χ0n) is 10.4. The summed E-state index contributed by atoms with van der Waals surface area (Å²) >= 11 is 5.89. The van der Waals surface area contributed by atoms with Crippen LogP contribution in [0.2, 0.25) is 5.02 Å². The number of benzene rings is 1. The Balaban J connectivity index is 2.18. The van der Waals surface area contributed by atoms with E-state index < -0.39 is 0 Å². The van der Waals surface area contributed by atoms with E-state index in [1.807, 2.05) is 0 Å². The third kappa shape index (κ3) is 2.73. The summed E-state index contributed by atoms with van der Waals surface area (Å²) in [5.74, 6) is 0. The molecule has 6 heteroatoms. The monoisotopic (exact) mass is 269 g/mol. The van der Waals surface area contributed by atoms with Gasteiger partial charge in [0.05, 0.1) is 4.92 Å². The van der Waals surface area contributed by atoms with Gasteiger partial charge in [-0.05, 0) is 32.5 Å². The van der Waals surface area contributed by atoms with Crippen molar-refractivity contribution in [2.45, 2.75) is 25.4 Å². The maximum absolute atomic E-state index is 10.9. The number of nitrogens with zero attached hydrogens (tertiary/aromatic N) is 2. The van der Waals surface area contributed by atoms with E-state index in [4.69, 9.17) is 11.6 Å². The van der Waals surface area contributed by atoms with Crippen molar-refractivity contribution in [2.24, 2.45) is 0 Å². The molecule has 0 radical (unpaired) electrons. The highest BCUT2D eigenvalue weighted by atomic mass is 35.5. The quantitative estimate of drug-likeness (QED) is 0.677. The molecular formula is C12H16ClN3O2. The van der Waals surface area contributed by atoms with Crippen molar-refractivity contribution in [3.8, 4) is 0 Å². The van der Waals surface area contributed by atoms with Gasteiger partial charge in [-0.25, -0.2) is 0 Å². The van der Waals surface area contributed by atoms with Crippen LogP contribution < -0.4 is 5.32 Å². The van der Waals surface area contributed by atoms with Gasteiger partial charge in [-0.2, -0.15) is 0 Å². The van der Waals surface area contributed by atoms with Crippen LogP contribution in [0.4, 0.5) is 11.4 Å². The third-order valence-corrected chi connectivity index (χ3v) is 3.64. The second-order valence-corrected chi connectivity index (χ2v) is 5.22. The van der Waals surface area contributed by atoms with E-state index in [1.54, 1.807) is 6.07 Å². The average Bonchev–Trinajstić information content (AvgIpc) is 2.57. The minimum absolute atomic E-state index is 0.0709. The molecule has 0 aromatic heterocycles. The Morgan fingerprint density at radius 1 is 1.56 bits per heavy atom. The van der Waals surface area contributed by atoms with E-state index >= 15 is 0 Å². The first-order valence-corrected chi connectivity index (χ1v) is 6.26. The molecule has 1 heterocycles. The fourth-order valence-electron chi connectivity index (χ4n) is 2.30. The first-order valence-electron chi connectivity index (χ1n) is 5.88. The summed E-state index contributed by atoms with van der Waals surface area (Å²) in [7, 11) is 2.05. The van der Waals surface area contributed by atoms with Gasteiger partial charge in [0.2, 0.25) is 0 Å². The highest BCUT2D eigenvalue weighted by Crippen LogP contribution is 2.30. The summed E-state index contributed by atoms with van der Waals surface area (Å²) < 4.78 is 0. The molecule has 1 aromatic carbocycles. The number of rotatable bonds is 3. The largest absolute Gasteiger partial charge is 0.375 e. The molecule has 5 nitrogen and oxygen atoms in total. The molecule has 0 aliphatic carbocycles. The van der Waals surface area contributed by atoms with Crippen LogP contribution in [0.3, 0.4) is 0 Å². The molecule has 1 aliphatic heterocycles. The Morgan fingerprint density at radius 3 is 2.83 bits per heavy atom. The second-order valence-electron chi connectivity index (χ2n) is 4.78. The summed E-state index contributed by atoms with van der Waals surface area (Å²) in [5, 5.41) is 14.7. The van der Waals surface area contributed by atoms with Gasteiger partial charge in [0.25, 0.3) is 5.69 Å². The highest BCUT2D eigenvalue weighted by molar-refractivity contribution is 6.31. The van der Waals surface area contributed by atoms with E-state index in [2.05, 4.69) is 24.2 Å². The lowest BCUT2D eigenvalue weighted by atomic mass is 10.1. The number of likely N-dealkylation sites (tertiary alicyclic amines) is 1. The summed E-state index contributed by atoms with van der Waals surface area (Å²) in [5.41, 5.74) is 0.571. The van der Waals surface area contributed by atoms with E-state index in [9.17, 15) is 10.1 Å². The molecule has 0 spiro atoms. The number of likely N-dealkylation sites (N-methyl/N-ethyl adjacent to an activating group) is 1. The van der Waals surface area contributed by atoms with Crippen molar-refractivity contribution in [1.29, 1.82) is 0 Å². The fraction of sp³-hybridized carbons (Fsp3) is 0.500. The fourth-order valence-corrected chi connectivity index (χ4v) is 2.47. The molecule has 0 amide bonds. The molecule has 18 heavy (non-hydrogen) atoms. The van der Waals surface area contributed by atoms with Gasteiger partial charge in [-0.15, -0.1) is 0 Å². The Bertz CT molecular complexity index is 457. The lowest BCUT2D eigenvalue weighted by Crippen LogP contribution is -2.25. The highest BCUT2D eigenvalue weighted by Gasteiger charge is 2.27. The summed E-state index contributed by atoms with van der Waals surface area (Å²) in [6.07, 6.45) is 0.972. The Labute approximate surface area is 111 Å². The van der Waals surface area contributed by atoms with Crippen LogP contribution in [0.5, 0.6) is 0 Å². The second kappa shape index (κ2) is 5.12. The molecule has 2 rings (SSSR count). The van der Waals surface area contributed by atoms with Gasteiger partial charge in [-0.1, -0.05) is 11.6 Å². The van der Waals surface area contributed by atoms with Gasteiger partial charge < -0.3 is 10.2 Å². The van der Waals surface area contributed by atoms with E-state index in [0.29, 0.717) is 16.8 Å². The first-order chi connectivity index (χ1) is 8.47. The molecule has 98 valence electrons.